The summed E-state index contributed by atoms with van der Waals surface area (Å²) >= 11 is 0. The van der Waals surface area contributed by atoms with E-state index < -0.39 is 0 Å². The first kappa shape index (κ1) is 20.0. The van der Waals surface area contributed by atoms with Gasteiger partial charge in [0.25, 0.3) is 0 Å². The number of nitrogens with two attached hydrogens (primary N) is 1. The van der Waals surface area contributed by atoms with Gasteiger partial charge in [-0.3, -0.25) is 4.79 Å². The first-order chi connectivity index (χ1) is 10.5. The molecule has 0 aromatic carbocycles. The van der Waals surface area contributed by atoms with Crippen molar-refractivity contribution < 1.29 is 9.59 Å². The van der Waals surface area contributed by atoms with Gasteiger partial charge < -0.3 is 20.9 Å². The zero-order valence-electron chi connectivity index (χ0n) is 14.3. The molecule has 0 bridgehead atoms. The molecule has 0 radical (unpaired) electrons. The zero-order valence-corrected chi connectivity index (χ0v) is 15.1. The molecule has 1 heterocycles. The fourth-order valence-electron chi connectivity index (χ4n) is 3.36. The highest BCUT2D eigenvalue weighted by molar-refractivity contribution is 5.85. The third-order valence-corrected chi connectivity index (χ3v) is 5.09. The molecule has 0 aromatic rings. The van der Waals surface area contributed by atoms with Gasteiger partial charge in [0.1, 0.15) is 0 Å². The summed E-state index contributed by atoms with van der Waals surface area (Å²) in [4.78, 5) is 28.4. The van der Waals surface area contributed by atoms with Crippen LogP contribution in [0, 0.1) is 5.92 Å². The number of nitrogens with one attached hydrogen (secondary N) is 1. The number of carbonyl (C=O) groups excluding carboxylic acids is 2. The van der Waals surface area contributed by atoms with Crippen molar-refractivity contribution in [1.29, 1.82) is 0 Å². The van der Waals surface area contributed by atoms with Crippen molar-refractivity contribution in [2.45, 2.75) is 57.5 Å². The van der Waals surface area contributed by atoms with Gasteiger partial charge in [-0.1, -0.05) is 12.8 Å². The minimum absolute atomic E-state index is 0. The van der Waals surface area contributed by atoms with E-state index in [1.807, 2.05) is 11.8 Å². The number of hydrogen-bond donors (Lipinski definition) is 2. The highest BCUT2D eigenvalue weighted by Gasteiger charge is 2.32. The van der Waals surface area contributed by atoms with Gasteiger partial charge in [0, 0.05) is 38.8 Å². The number of piperidine rings is 1. The molecular weight excluding hydrogens is 316 g/mol. The highest BCUT2D eigenvalue weighted by Crippen LogP contribution is 2.21. The summed E-state index contributed by atoms with van der Waals surface area (Å²) in [6.45, 7) is 3.68. The number of halogens is 1. The molecule has 7 heteroatoms. The first-order valence-corrected chi connectivity index (χ1v) is 8.55. The van der Waals surface area contributed by atoms with Crippen LogP contribution in [0.4, 0.5) is 4.79 Å². The molecule has 1 saturated heterocycles. The van der Waals surface area contributed by atoms with Crippen LogP contribution in [0.5, 0.6) is 0 Å². The minimum atomic E-state index is -0.0953. The summed E-state index contributed by atoms with van der Waals surface area (Å²) < 4.78 is 0. The second-order valence-electron chi connectivity index (χ2n) is 6.75. The van der Waals surface area contributed by atoms with Crippen molar-refractivity contribution in [2.75, 3.05) is 26.7 Å². The summed E-state index contributed by atoms with van der Waals surface area (Å²) in [5, 5.41) is 3.11. The second-order valence-corrected chi connectivity index (χ2v) is 6.75. The van der Waals surface area contributed by atoms with Crippen molar-refractivity contribution in [3.05, 3.63) is 0 Å². The molecule has 2 aliphatic rings. The van der Waals surface area contributed by atoms with E-state index in [-0.39, 0.29) is 36.3 Å². The molecule has 1 aliphatic carbocycles. The van der Waals surface area contributed by atoms with Crippen molar-refractivity contribution in [3.63, 3.8) is 0 Å². The van der Waals surface area contributed by atoms with Crippen LogP contribution in [-0.2, 0) is 4.79 Å². The lowest BCUT2D eigenvalue weighted by atomic mass is 9.96. The summed E-state index contributed by atoms with van der Waals surface area (Å²) in [5.41, 5.74) is 5.64. The smallest absolute Gasteiger partial charge is 0.317 e. The van der Waals surface area contributed by atoms with Crippen molar-refractivity contribution >= 4 is 24.3 Å². The Morgan fingerprint density at radius 2 is 1.91 bits per heavy atom. The molecule has 0 spiro atoms. The Kier molecular flexibility index (Phi) is 8.12. The number of nitrogens with zero attached hydrogens (tertiary/aromatic N) is 2. The Bertz CT molecular complexity index is 402. The molecule has 3 N–H and O–H groups in total. The van der Waals surface area contributed by atoms with E-state index in [2.05, 4.69) is 5.32 Å². The van der Waals surface area contributed by atoms with Gasteiger partial charge in [-0.15, -0.1) is 12.4 Å². The number of likely N-dealkylation sites (tertiary alicyclic amines) is 1. The van der Waals surface area contributed by atoms with Crippen LogP contribution in [0.15, 0.2) is 0 Å². The normalized spacial score (nSPS) is 23.1. The largest absolute Gasteiger partial charge is 0.341 e. The lowest BCUT2D eigenvalue weighted by Crippen LogP contribution is -2.52. The van der Waals surface area contributed by atoms with Crippen molar-refractivity contribution in [1.82, 2.24) is 15.1 Å². The maximum absolute atomic E-state index is 12.5. The molecule has 0 aromatic heterocycles. The quantitative estimate of drug-likeness (QED) is 0.811. The third kappa shape index (κ3) is 5.24. The van der Waals surface area contributed by atoms with Crippen molar-refractivity contribution in [3.8, 4) is 0 Å². The van der Waals surface area contributed by atoms with E-state index in [9.17, 15) is 9.59 Å². The predicted octanol–water partition coefficient (Wildman–Crippen LogP) is 1.58. The fraction of sp³-hybridized carbons (Fsp3) is 0.875. The van der Waals surface area contributed by atoms with E-state index in [4.69, 9.17) is 5.73 Å². The van der Waals surface area contributed by atoms with Crippen LogP contribution >= 0.6 is 12.4 Å². The fourth-order valence-corrected chi connectivity index (χ4v) is 3.36. The lowest BCUT2D eigenvalue weighted by Gasteiger charge is -2.35. The molecule has 2 atom stereocenters. The molecule has 3 amide bonds. The van der Waals surface area contributed by atoms with Crippen LogP contribution in [0.25, 0.3) is 0 Å². The second kappa shape index (κ2) is 9.33. The number of urea groups is 1. The third-order valence-electron chi connectivity index (χ3n) is 5.09. The van der Waals surface area contributed by atoms with Gasteiger partial charge >= 0.3 is 6.03 Å². The van der Waals surface area contributed by atoms with Crippen LogP contribution in [0.1, 0.15) is 45.4 Å². The molecule has 6 nitrogen and oxygen atoms in total. The number of amides is 3. The Hall–Kier alpha value is -1.01. The Morgan fingerprint density at radius 3 is 2.52 bits per heavy atom. The van der Waals surface area contributed by atoms with Gasteiger partial charge in [-0.2, -0.15) is 0 Å². The summed E-state index contributed by atoms with van der Waals surface area (Å²) in [7, 11) is 1.80. The SMILES string of the molecule is CC(CN)N(C)C(=O)C1CCCN(C(=O)NC2CCCC2)C1.Cl. The maximum atomic E-state index is 12.5. The van der Waals surface area contributed by atoms with Crippen molar-refractivity contribution in [2.24, 2.45) is 11.7 Å². The molecule has 2 unspecified atom stereocenters. The van der Waals surface area contributed by atoms with Gasteiger partial charge in [0.05, 0.1) is 5.92 Å². The average molecular weight is 347 g/mol. The van der Waals surface area contributed by atoms with E-state index in [0.717, 1.165) is 32.2 Å². The summed E-state index contributed by atoms with van der Waals surface area (Å²) in [6.07, 6.45) is 6.31. The minimum Gasteiger partial charge on any atom is -0.341 e. The van der Waals surface area contributed by atoms with E-state index in [0.29, 0.717) is 19.1 Å². The van der Waals surface area contributed by atoms with Crippen LogP contribution < -0.4 is 11.1 Å². The van der Waals surface area contributed by atoms with E-state index >= 15 is 0 Å². The lowest BCUT2D eigenvalue weighted by molar-refractivity contribution is -0.137. The molecule has 134 valence electrons. The Morgan fingerprint density at radius 1 is 1.26 bits per heavy atom. The molecule has 1 aliphatic heterocycles. The van der Waals surface area contributed by atoms with Gasteiger partial charge in [0.15, 0.2) is 0 Å². The number of carbonyl (C=O) groups is 2. The van der Waals surface area contributed by atoms with Crippen LogP contribution in [-0.4, -0.2) is 60.5 Å². The molecular formula is C16H31ClN4O2. The Balaban J connectivity index is 0.00000264. The maximum Gasteiger partial charge on any atom is 0.317 e. The van der Waals surface area contributed by atoms with Gasteiger partial charge in [-0.25, -0.2) is 4.79 Å². The number of hydrogen-bond acceptors (Lipinski definition) is 3. The summed E-state index contributed by atoms with van der Waals surface area (Å²) in [5.74, 6) is 0.0124. The standard InChI is InChI=1S/C16H30N4O2.ClH/c1-12(10-17)19(2)15(21)13-6-5-9-20(11-13)16(22)18-14-7-3-4-8-14;/h12-14H,3-11,17H2,1-2H3,(H,18,22);1H. The predicted molar refractivity (Wildman–Crippen MR) is 93.6 cm³/mol. The first-order valence-electron chi connectivity index (χ1n) is 8.55. The summed E-state index contributed by atoms with van der Waals surface area (Å²) in [6, 6.07) is 0.359. The van der Waals surface area contributed by atoms with Gasteiger partial charge in [0.2, 0.25) is 5.91 Å². The average Bonchev–Trinajstić information content (AvgIpc) is 3.05. The molecule has 23 heavy (non-hydrogen) atoms. The van der Waals surface area contributed by atoms with Gasteiger partial charge in [-0.05, 0) is 32.6 Å². The van der Waals surface area contributed by atoms with E-state index in [1.54, 1.807) is 11.9 Å². The van der Waals surface area contributed by atoms with Crippen LogP contribution in [0.3, 0.4) is 0 Å². The Labute approximate surface area is 145 Å². The van der Waals surface area contributed by atoms with Crippen LogP contribution in [0.2, 0.25) is 0 Å². The molecule has 2 fully saturated rings. The topological polar surface area (TPSA) is 78.7 Å². The zero-order chi connectivity index (χ0) is 16.1. The van der Waals surface area contributed by atoms with E-state index in [1.165, 1.54) is 12.8 Å². The molecule has 1 saturated carbocycles. The number of likely N-dealkylation sites (N-methyl/N-ethyl adjacent to an activating group) is 1. The monoisotopic (exact) mass is 346 g/mol. The highest BCUT2D eigenvalue weighted by atomic mass is 35.5. The number of rotatable bonds is 4. The molecule has 2 rings (SSSR count).